The molecule has 20 heteroatoms. The van der Waals surface area contributed by atoms with Gasteiger partial charge in [-0.05, 0) is 92.6 Å². The Morgan fingerprint density at radius 1 is 0.565 bits per heavy atom. The van der Waals surface area contributed by atoms with E-state index in [9.17, 15) is 20.2 Å². The van der Waals surface area contributed by atoms with E-state index in [4.69, 9.17) is 65.8 Å². The fraction of sp³-hybridized carbons (Fsp3) is 0.0476. The number of nitro benzene ring substituents is 2. The number of nitro groups is 2. The van der Waals surface area contributed by atoms with Crippen LogP contribution in [-0.2, 0) is 0 Å². The van der Waals surface area contributed by atoms with Crippen LogP contribution >= 0.6 is 24.4 Å². The Labute approximate surface area is 362 Å². The molecule has 0 unspecified atom stereocenters. The number of hydrogen-bond donors (Lipinski definition) is 2. The number of tetrazole rings is 2. The molecule has 0 bridgehead atoms. The van der Waals surface area contributed by atoms with Gasteiger partial charge in [0.2, 0.25) is 0 Å². The highest BCUT2D eigenvalue weighted by Crippen LogP contribution is 2.38. The van der Waals surface area contributed by atoms with Crippen molar-refractivity contribution in [1.82, 2.24) is 30.0 Å². The number of thiocarbonyl (C=S) groups is 2. The average Bonchev–Trinajstić information content (AvgIpc) is 3.95. The molecule has 0 aliphatic carbocycles. The molecule has 0 aliphatic rings. The third-order valence-corrected chi connectivity index (χ3v) is 10.1. The first-order chi connectivity index (χ1) is 29.9. The molecule has 6 aromatic carbocycles. The largest absolute Gasteiger partial charge is 0.496 e. The van der Waals surface area contributed by atoms with E-state index in [0.717, 1.165) is 0 Å². The Kier molecular flexibility index (Phi) is 10.9. The summed E-state index contributed by atoms with van der Waals surface area (Å²) in [6.45, 7) is 0. The Bertz CT molecular complexity index is 2840. The predicted molar refractivity (Wildman–Crippen MR) is 234 cm³/mol. The summed E-state index contributed by atoms with van der Waals surface area (Å²) < 4.78 is 11.9. The van der Waals surface area contributed by atoms with Gasteiger partial charge < -0.3 is 20.9 Å². The van der Waals surface area contributed by atoms with Gasteiger partial charge in [-0.15, -0.1) is 0 Å². The molecule has 0 atom stereocenters. The van der Waals surface area contributed by atoms with Crippen LogP contribution in [0.15, 0.2) is 133 Å². The summed E-state index contributed by atoms with van der Waals surface area (Å²) in [5.41, 5.74) is 17.7. The van der Waals surface area contributed by atoms with E-state index in [-0.39, 0.29) is 21.4 Å². The predicted octanol–water partition coefficient (Wildman–Crippen LogP) is 5.50. The number of nitrogens with zero attached hydrogens (tertiary/aromatic N) is 10. The van der Waals surface area contributed by atoms with Crippen molar-refractivity contribution in [3.8, 4) is 68.2 Å². The molecular weight excluding hydrogens is 833 g/mol. The molecule has 306 valence electrons. The lowest BCUT2D eigenvalue weighted by Gasteiger charge is -2.14. The molecular formula is C42H32N12O6S2+2. The zero-order valence-electron chi connectivity index (χ0n) is 32.6. The van der Waals surface area contributed by atoms with Crippen molar-refractivity contribution in [3.63, 3.8) is 0 Å². The van der Waals surface area contributed by atoms with Crippen molar-refractivity contribution in [2.75, 3.05) is 14.2 Å². The van der Waals surface area contributed by atoms with Crippen molar-refractivity contribution >= 4 is 45.8 Å². The Morgan fingerprint density at radius 2 is 0.919 bits per heavy atom. The maximum Gasteiger partial charge on any atom is 0.340 e. The van der Waals surface area contributed by atoms with Crippen LogP contribution in [0.2, 0.25) is 0 Å². The highest BCUT2D eigenvalue weighted by molar-refractivity contribution is 7.80. The van der Waals surface area contributed by atoms with Crippen LogP contribution in [0, 0.1) is 20.2 Å². The molecule has 2 aromatic heterocycles. The van der Waals surface area contributed by atoms with Gasteiger partial charge in [0.1, 0.15) is 32.9 Å². The molecule has 8 rings (SSSR count). The Morgan fingerprint density at radius 3 is 1.23 bits per heavy atom. The van der Waals surface area contributed by atoms with Crippen molar-refractivity contribution < 1.29 is 28.9 Å². The first-order valence-corrected chi connectivity index (χ1v) is 19.2. The van der Waals surface area contributed by atoms with Crippen LogP contribution in [0.1, 0.15) is 11.1 Å². The molecule has 0 saturated carbocycles. The fourth-order valence-electron chi connectivity index (χ4n) is 6.50. The van der Waals surface area contributed by atoms with Gasteiger partial charge in [-0.25, -0.2) is 0 Å². The Hall–Kier alpha value is -8.36. The van der Waals surface area contributed by atoms with E-state index < -0.39 is 9.85 Å². The quantitative estimate of drug-likeness (QED) is 0.0632. The highest BCUT2D eigenvalue weighted by Gasteiger charge is 2.28. The normalized spacial score (nSPS) is 10.9. The van der Waals surface area contributed by atoms with Crippen molar-refractivity contribution in [3.05, 3.63) is 165 Å². The van der Waals surface area contributed by atoms with E-state index in [1.807, 2.05) is 24.3 Å². The molecule has 62 heavy (non-hydrogen) atoms. The topological polar surface area (TPSA) is 226 Å². The van der Waals surface area contributed by atoms with Crippen LogP contribution in [0.5, 0.6) is 11.5 Å². The summed E-state index contributed by atoms with van der Waals surface area (Å²) >= 11 is 10.2. The van der Waals surface area contributed by atoms with E-state index in [1.165, 1.54) is 33.9 Å². The lowest BCUT2D eigenvalue weighted by molar-refractivity contribution is -0.734. The lowest BCUT2D eigenvalue weighted by atomic mass is 10.0. The second kappa shape index (κ2) is 16.7. The van der Waals surface area contributed by atoms with E-state index in [0.29, 0.717) is 79.3 Å². The average molecular weight is 865 g/mol. The van der Waals surface area contributed by atoms with Crippen molar-refractivity contribution in [2.45, 2.75) is 0 Å². The second-order valence-electron chi connectivity index (χ2n) is 13.4. The monoisotopic (exact) mass is 864 g/mol. The molecule has 0 amide bonds. The van der Waals surface area contributed by atoms with Crippen LogP contribution < -0.4 is 30.5 Å². The number of rotatable bonds is 13. The van der Waals surface area contributed by atoms with Gasteiger partial charge in [0.25, 0.3) is 11.4 Å². The molecule has 18 nitrogen and oxygen atoms in total. The maximum absolute atomic E-state index is 11.4. The smallest absolute Gasteiger partial charge is 0.340 e. The minimum absolute atomic E-state index is 0.0754. The fourth-order valence-corrected chi connectivity index (χ4v) is 6.78. The number of methoxy groups -OCH3 is 2. The first kappa shape index (κ1) is 40.4. The molecule has 0 fully saturated rings. The third kappa shape index (κ3) is 7.88. The SMILES string of the molecule is COc1cc(-n2nc(-c3ccc(C(N)=S)cc3)n[n+]2-c2ccc([N+](=O)[O-])cc2)ccc1-c1ccc(-n2nc(-c3ccc(C(N)=S)cc3)n[n+]2-c2ccc([N+](=O)[O-])cc2)cc1OC. The van der Waals surface area contributed by atoms with Gasteiger partial charge in [0, 0.05) is 68.2 Å². The second-order valence-corrected chi connectivity index (χ2v) is 14.3. The third-order valence-electron chi connectivity index (χ3n) is 9.68. The number of nitrogens with two attached hydrogens (primary N) is 2. The molecule has 0 radical (unpaired) electrons. The molecule has 0 spiro atoms. The molecule has 4 N–H and O–H groups in total. The lowest BCUT2D eigenvalue weighted by Crippen LogP contribution is -2.43. The molecule has 2 heterocycles. The Balaban J connectivity index is 1.20. The van der Waals surface area contributed by atoms with Gasteiger partial charge in [-0.1, -0.05) is 48.7 Å². The number of ether oxygens (including phenoxy) is 2. The van der Waals surface area contributed by atoms with Gasteiger partial charge >= 0.3 is 11.6 Å². The van der Waals surface area contributed by atoms with E-state index >= 15 is 0 Å². The number of aromatic nitrogens is 8. The van der Waals surface area contributed by atoms with Crippen LogP contribution in [-0.4, -0.2) is 64.0 Å². The van der Waals surface area contributed by atoms with Crippen LogP contribution in [0.3, 0.4) is 0 Å². The van der Waals surface area contributed by atoms with E-state index in [2.05, 4.69) is 0 Å². The van der Waals surface area contributed by atoms with Crippen LogP contribution in [0.25, 0.3) is 56.7 Å². The summed E-state index contributed by atoms with van der Waals surface area (Å²) in [4.78, 5) is 28.6. The van der Waals surface area contributed by atoms with Gasteiger partial charge in [0.15, 0.2) is 11.4 Å². The minimum atomic E-state index is -0.474. The molecule has 0 aliphatic heterocycles. The van der Waals surface area contributed by atoms with Crippen molar-refractivity contribution in [1.29, 1.82) is 0 Å². The van der Waals surface area contributed by atoms with Gasteiger partial charge in [0.05, 0.1) is 45.4 Å². The van der Waals surface area contributed by atoms with E-state index in [1.54, 1.807) is 109 Å². The minimum Gasteiger partial charge on any atom is -0.496 e. The van der Waals surface area contributed by atoms with Crippen molar-refractivity contribution in [2.24, 2.45) is 11.5 Å². The standard InChI is InChI=1S/C42H30N12O6S2/c1-59-37-23-33(51-47-41(27-7-3-25(4-8-27)39(43)61)45-49(51)29-11-15-31(16-12-29)53(55)56)19-21-35(37)36-22-20-34(24-38(36)60-2)52-48-42(28-9-5-26(6-10-28)40(44)62)46-50(52)30-13-17-32(18-14-30)54(57)58/h3-24H,1-2H3,(H2-2,43,44,61,62)/p+2. The highest BCUT2D eigenvalue weighted by atomic mass is 32.1. The van der Waals surface area contributed by atoms with Gasteiger partial charge in [-0.2, -0.15) is 0 Å². The summed E-state index contributed by atoms with van der Waals surface area (Å²) in [5, 5.41) is 42.1. The summed E-state index contributed by atoms with van der Waals surface area (Å²) in [5.74, 6) is 1.64. The molecule has 0 saturated heterocycles. The number of benzene rings is 6. The summed E-state index contributed by atoms with van der Waals surface area (Å²) in [6, 6.07) is 37.1. The summed E-state index contributed by atoms with van der Waals surface area (Å²) in [6.07, 6.45) is 0. The molecule has 8 aromatic rings. The number of hydrogen-bond acceptors (Lipinski definition) is 12. The first-order valence-electron chi connectivity index (χ1n) is 18.4. The number of non-ortho nitro benzene ring substituents is 2. The maximum atomic E-state index is 11.4. The zero-order valence-corrected chi connectivity index (χ0v) is 34.2. The van der Waals surface area contributed by atoms with Crippen LogP contribution in [0.4, 0.5) is 11.4 Å². The zero-order chi connectivity index (χ0) is 43.7. The van der Waals surface area contributed by atoms with Gasteiger partial charge in [-0.3, -0.25) is 20.2 Å². The summed E-state index contributed by atoms with van der Waals surface area (Å²) in [7, 11) is 3.09.